The zero-order chi connectivity index (χ0) is 9.90. The summed E-state index contributed by atoms with van der Waals surface area (Å²) in [5.74, 6) is 1.10. The predicted molar refractivity (Wildman–Crippen MR) is 55.7 cm³/mol. The molecule has 0 aromatic rings. The highest BCUT2D eigenvalue weighted by molar-refractivity contribution is 5.78. The molecule has 0 radical (unpaired) electrons. The molecule has 1 saturated carbocycles. The van der Waals surface area contributed by atoms with Gasteiger partial charge in [0, 0.05) is 12.8 Å². The third-order valence-electron chi connectivity index (χ3n) is 3.21. The van der Waals surface area contributed by atoms with Gasteiger partial charge >= 0.3 is 0 Å². The van der Waals surface area contributed by atoms with Crippen LogP contribution in [-0.2, 0) is 4.79 Å². The summed E-state index contributed by atoms with van der Waals surface area (Å²) in [5.41, 5.74) is 0.313. The predicted octanol–water partition coefficient (Wildman–Crippen LogP) is 3.57. The van der Waals surface area contributed by atoms with E-state index in [1.807, 2.05) is 0 Å². The summed E-state index contributed by atoms with van der Waals surface area (Å²) in [7, 11) is 0. The summed E-state index contributed by atoms with van der Waals surface area (Å²) in [6.07, 6.45) is 6.58. The Balaban J connectivity index is 2.56. The minimum absolute atomic E-state index is 0.313. The lowest BCUT2D eigenvalue weighted by atomic mass is 9.74. The van der Waals surface area contributed by atoms with Gasteiger partial charge in [-0.2, -0.15) is 0 Å². The van der Waals surface area contributed by atoms with Gasteiger partial charge in [0.2, 0.25) is 0 Å². The molecule has 1 nitrogen and oxygen atoms in total. The van der Waals surface area contributed by atoms with E-state index in [4.69, 9.17) is 0 Å². The van der Waals surface area contributed by atoms with Gasteiger partial charge < -0.3 is 0 Å². The van der Waals surface area contributed by atoms with Gasteiger partial charge in [-0.3, -0.25) is 4.79 Å². The van der Waals surface area contributed by atoms with Gasteiger partial charge in [0.15, 0.2) is 0 Å². The topological polar surface area (TPSA) is 17.1 Å². The van der Waals surface area contributed by atoms with E-state index in [-0.39, 0.29) is 0 Å². The van der Waals surface area contributed by atoms with E-state index in [9.17, 15) is 4.79 Å². The van der Waals surface area contributed by atoms with E-state index in [2.05, 4.69) is 20.8 Å². The van der Waals surface area contributed by atoms with E-state index in [1.54, 1.807) is 0 Å². The normalized spacial score (nSPS) is 26.7. The van der Waals surface area contributed by atoms with Gasteiger partial charge in [-0.25, -0.2) is 0 Å². The summed E-state index contributed by atoms with van der Waals surface area (Å²) in [6, 6.07) is 0. The first kappa shape index (κ1) is 10.7. The zero-order valence-electron chi connectivity index (χ0n) is 9.23. The molecule has 1 aliphatic carbocycles. The number of Topliss-reactive ketones (excluding diaryl/α,β-unsaturated/α-hetero) is 1. The lowest BCUT2D eigenvalue weighted by Crippen LogP contribution is -2.24. The lowest BCUT2D eigenvalue weighted by Gasteiger charge is -2.31. The molecule has 1 heteroatoms. The van der Waals surface area contributed by atoms with E-state index in [0.717, 1.165) is 19.3 Å². The molecule has 1 fully saturated rings. The Labute approximate surface area is 81.9 Å². The van der Waals surface area contributed by atoms with Crippen LogP contribution in [0.25, 0.3) is 0 Å². The van der Waals surface area contributed by atoms with Crippen LogP contribution < -0.4 is 0 Å². The maximum atomic E-state index is 11.5. The number of hydrogen-bond donors (Lipinski definition) is 0. The Kier molecular flexibility index (Phi) is 3.52. The van der Waals surface area contributed by atoms with E-state index in [1.165, 1.54) is 19.3 Å². The number of hydrogen-bond acceptors (Lipinski definition) is 1. The third kappa shape index (κ3) is 3.50. The molecule has 0 spiro atoms. The van der Waals surface area contributed by atoms with Gasteiger partial charge in [-0.15, -0.1) is 0 Å². The Hall–Kier alpha value is -0.330. The minimum atomic E-state index is 0.313. The molecule has 1 unspecified atom stereocenters. The van der Waals surface area contributed by atoms with Crippen molar-refractivity contribution in [3.8, 4) is 0 Å². The van der Waals surface area contributed by atoms with Crippen molar-refractivity contribution < 1.29 is 4.79 Å². The van der Waals surface area contributed by atoms with Crippen molar-refractivity contribution in [2.45, 2.75) is 59.3 Å². The highest BCUT2D eigenvalue weighted by Gasteiger charge is 2.27. The average molecular weight is 182 g/mol. The molecule has 0 aliphatic heterocycles. The summed E-state index contributed by atoms with van der Waals surface area (Å²) in [4.78, 5) is 11.5. The second-order valence-electron chi connectivity index (χ2n) is 5.41. The SMILES string of the molecule is CC(C)(C)C1CCCCCC(=O)C1. The molecule has 1 aliphatic rings. The summed E-state index contributed by atoms with van der Waals surface area (Å²) >= 11 is 0. The number of carbonyl (C=O) groups is 1. The fourth-order valence-corrected chi connectivity index (χ4v) is 2.11. The van der Waals surface area contributed by atoms with Gasteiger partial charge in [-0.05, 0) is 24.2 Å². The molecule has 13 heavy (non-hydrogen) atoms. The van der Waals surface area contributed by atoms with Crippen LogP contribution in [0.1, 0.15) is 59.3 Å². The van der Waals surface area contributed by atoms with Crippen molar-refractivity contribution in [3.05, 3.63) is 0 Å². The quantitative estimate of drug-likeness (QED) is 0.559. The highest BCUT2D eigenvalue weighted by atomic mass is 16.1. The van der Waals surface area contributed by atoms with E-state index >= 15 is 0 Å². The first-order valence-electron chi connectivity index (χ1n) is 5.52. The molecular weight excluding hydrogens is 160 g/mol. The zero-order valence-corrected chi connectivity index (χ0v) is 9.23. The van der Waals surface area contributed by atoms with Gasteiger partial charge in [-0.1, -0.05) is 33.6 Å². The molecule has 76 valence electrons. The Morgan fingerprint density at radius 2 is 1.85 bits per heavy atom. The van der Waals surface area contributed by atoms with Crippen LogP contribution >= 0.6 is 0 Å². The summed E-state index contributed by atoms with van der Waals surface area (Å²) in [6.45, 7) is 6.77. The molecule has 0 amide bonds. The second-order valence-corrected chi connectivity index (χ2v) is 5.41. The summed E-state index contributed by atoms with van der Waals surface area (Å²) < 4.78 is 0. The first-order chi connectivity index (χ1) is 6.00. The molecule has 1 atom stereocenters. The number of rotatable bonds is 0. The van der Waals surface area contributed by atoms with Crippen LogP contribution in [-0.4, -0.2) is 5.78 Å². The average Bonchev–Trinajstić information content (AvgIpc) is 1.94. The molecule has 0 saturated heterocycles. The first-order valence-corrected chi connectivity index (χ1v) is 5.52. The Morgan fingerprint density at radius 3 is 2.46 bits per heavy atom. The van der Waals surface area contributed by atoms with Crippen molar-refractivity contribution in [1.29, 1.82) is 0 Å². The van der Waals surface area contributed by atoms with Crippen molar-refractivity contribution in [2.75, 3.05) is 0 Å². The van der Waals surface area contributed by atoms with Crippen molar-refractivity contribution in [2.24, 2.45) is 11.3 Å². The van der Waals surface area contributed by atoms with Gasteiger partial charge in [0.25, 0.3) is 0 Å². The second kappa shape index (κ2) is 4.26. The fraction of sp³-hybridized carbons (Fsp3) is 0.917. The molecular formula is C12H22O. The lowest BCUT2D eigenvalue weighted by molar-refractivity contribution is -0.121. The van der Waals surface area contributed by atoms with Crippen LogP contribution in [0, 0.1) is 11.3 Å². The van der Waals surface area contributed by atoms with Gasteiger partial charge in [0.05, 0.1) is 0 Å². The Bertz CT molecular complexity index is 176. The summed E-state index contributed by atoms with van der Waals surface area (Å²) in [5, 5.41) is 0. The molecule has 1 rings (SSSR count). The Morgan fingerprint density at radius 1 is 1.15 bits per heavy atom. The van der Waals surface area contributed by atoms with Crippen LogP contribution in [0.4, 0.5) is 0 Å². The number of carbonyl (C=O) groups excluding carboxylic acids is 1. The smallest absolute Gasteiger partial charge is 0.133 e. The third-order valence-corrected chi connectivity index (χ3v) is 3.21. The molecule has 0 heterocycles. The van der Waals surface area contributed by atoms with Crippen molar-refractivity contribution >= 4 is 5.78 Å². The van der Waals surface area contributed by atoms with E-state index < -0.39 is 0 Å². The number of ketones is 1. The van der Waals surface area contributed by atoms with Crippen LogP contribution in [0.3, 0.4) is 0 Å². The van der Waals surface area contributed by atoms with Crippen LogP contribution in [0.2, 0.25) is 0 Å². The monoisotopic (exact) mass is 182 g/mol. The van der Waals surface area contributed by atoms with Crippen molar-refractivity contribution in [3.63, 3.8) is 0 Å². The minimum Gasteiger partial charge on any atom is -0.300 e. The fourth-order valence-electron chi connectivity index (χ4n) is 2.11. The van der Waals surface area contributed by atoms with E-state index in [0.29, 0.717) is 17.1 Å². The molecule has 0 aromatic heterocycles. The standard InChI is InChI=1S/C12H22O/c1-12(2,3)10-7-5-4-6-8-11(13)9-10/h10H,4-9H2,1-3H3. The maximum Gasteiger partial charge on any atom is 0.133 e. The van der Waals surface area contributed by atoms with Crippen LogP contribution in [0.5, 0.6) is 0 Å². The maximum absolute atomic E-state index is 11.5. The van der Waals surface area contributed by atoms with Crippen molar-refractivity contribution in [1.82, 2.24) is 0 Å². The van der Waals surface area contributed by atoms with Gasteiger partial charge in [0.1, 0.15) is 5.78 Å². The molecule has 0 aromatic carbocycles. The van der Waals surface area contributed by atoms with Crippen LogP contribution in [0.15, 0.2) is 0 Å². The largest absolute Gasteiger partial charge is 0.300 e. The molecule has 0 bridgehead atoms. The molecule has 0 N–H and O–H groups in total. The highest BCUT2D eigenvalue weighted by Crippen LogP contribution is 2.34.